The molecular weight excluding hydrogens is 280 g/mol. The molecule has 0 aromatic heterocycles. The molecule has 0 aliphatic heterocycles. The molecule has 0 unspecified atom stereocenters. The molecule has 0 atom stereocenters. The van der Waals surface area contributed by atoms with Gasteiger partial charge in [-0.1, -0.05) is 15.9 Å². The minimum atomic E-state index is -0.260. The normalized spacial score (nSPS) is 10.4. The highest BCUT2D eigenvalue weighted by Crippen LogP contribution is 1.87. The first-order valence-corrected chi connectivity index (χ1v) is 6.29. The quantitative estimate of drug-likeness (QED) is 0.323. The van der Waals surface area contributed by atoms with E-state index in [4.69, 9.17) is 14.2 Å². The fourth-order valence-corrected chi connectivity index (χ4v) is 1.08. The molecule has 0 aromatic rings. The number of rotatable bonds is 11. The van der Waals surface area contributed by atoms with Crippen molar-refractivity contribution >= 4 is 21.9 Å². The van der Waals surface area contributed by atoms with Crippen LogP contribution in [-0.2, 0) is 23.7 Å². The van der Waals surface area contributed by atoms with Crippen LogP contribution in [0.3, 0.4) is 0 Å². The first-order valence-electron chi connectivity index (χ1n) is 5.17. The molecule has 0 aliphatic carbocycles. The van der Waals surface area contributed by atoms with Crippen molar-refractivity contribution < 1.29 is 23.7 Å². The summed E-state index contributed by atoms with van der Waals surface area (Å²) in [6.45, 7) is 3.21. The smallest absolute Gasteiger partial charge is 0.307 e. The molecule has 0 saturated heterocycles. The van der Waals surface area contributed by atoms with Gasteiger partial charge in [0.2, 0.25) is 0 Å². The van der Waals surface area contributed by atoms with Gasteiger partial charge in [-0.15, -0.1) is 0 Å². The van der Waals surface area contributed by atoms with E-state index in [0.29, 0.717) is 39.6 Å². The second kappa shape index (κ2) is 12.9. The molecule has 0 radical (unpaired) electrons. The highest BCUT2D eigenvalue weighted by atomic mass is 79.9. The largest absolute Gasteiger partial charge is 0.469 e. The van der Waals surface area contributed by atoms with Crippen molar-refractivity contribution in [1.82, 2.24) is 0 Å². The van der Waals surface area contributed by atoms with Crippen LogP contribution in [0.1, 0.15) is 6.42 Å². The summed E-state index contributed by atoms with van der Waals surface area (Å²) in [4.78, 5) is 10.7. The molecule has 0 amide bonds. The van der Waals surface area contributed by atoms with E-state index >= 15 is 0 Å². The molecule has 0 aromatic carbocycles. The first-order chi connectivity index (χ1) is 7.81. The number of hydrogen-bond donors (Lipinski definition) is 0. The monoisotopic (exact) mass is 298 g/mol. The Bertz CT molecular complexity index is 165. The summed E-state index contributed by atoms with van der Waals surface area (Å²) in [6.07, 6.45) is 0.283. The van der Waals surface area contributed by atoms with Gasteiger partial charge in [0.25, 0.3) is 0 Å². The van der Waals surface area contributed by atoms with Crippen LogP contribution in [0.4, 0.5) is 0 Å². The lowest BCUT2D eigenvalue weighted by molar-refractivity contribution is -0.141. The number of ether oxygens (including phenoxy) is 4. The zero-order valence-corrected chi connectivity index (χ0v) is 11.2. The predicted octanol–water partition coefficient (Wildman–Crippen LogP) is 0.994. The number of esters is 1. The summed E-state index contributed by atoms with van der Waals surface area (Å²) in [5.74, 6) is -0.260. The number of hydrogen-bond acceptors (Lipinski definition) is 5. The summed E-state index contributed by atoms with van der Waals surface area (Å²) in [6, 6.07) is 0. The van der Waals surface area contributed by atoms with Crippen LogP contribution in [0, 0.1) is 0 Å². The summed E-state index contributed by atoms with van der Waals surface area (Å²) in [5, 5.41) is 0.837. The molecular formula is C10H19BrO5. The molecule has 0 aliphatic rings. The van der Waals surface area contributed by atoms with Gasteiger partial charge in [-0.05, 0) is 0 Å². The van der Waals surface area contributed by atoms with Crippen molar-refractivity contribution in [3.05, 3.63) is 0 Å². The van der Waals surface area contributed by atoms with Gasteiger partial charge in [-0.2, -0.15) is 0 Å². The van der Waals surface area contributed by atoms with Gasteiger partial charge in [-0.3, -0.25) is 4.79 Å². The molecule has 0 rings (SSSR count). The van der Waals surface area contributed by atoms with Gasteiger partial charge >= 0.3 is 5.97 Å². The maximum atomic E-state index is 10.7. The zero-order valence-electron chi connectivity index (χ0n) is 9.58. The summed E-state index contributed by atoms with van der Waals surface area (Å²) < 4.78 is 20.0. The Morgan fingerprint density at radius 3 is 1.94 bits per heavy atom. The first kappa shape index (κ1) is 15.8. The molecule has 0 saturated carbocycles. The number of carbonyl (C=O) groups excluding carboxylic acids is 1. The third-order valence-corrected chi connectivity index (χ3v) is 1.97. The lowest BCUT2D eigenvalue weighted by Crippen LogP contribution is -2.12. The van der Waals surface area contributed by atoms with E-state index in [0.717, 1.165) is 5.33 Å². The molecule has 96 valence electrons. The average molecular weight is 299 g/mol. The van der Waals surface area contributed by atoms with Crippen LogP contribution in [0.25, 0.3) is 0 Å². The Morgan fingerprint density at radius 1 is 0.938 bits per heavy atom. The minimum absolute atomic E-state index is 0.260. The topological polar surface area (TPSA) is 54.0 Å². The van der Waals surface area contributed by atoms with E-state index in [9.17, 15) is 4.79 Å². The molecule has 0 bridgehead atoms. The van der Waals surface area contributed by atoms with Crippen LogP contribution in [0.2, 0.25) is 0 Å². The van der Waals surface area contributed by atoms with Gasteiger partial charge in [0.15, 0.2) is 0 Å². The Balaban J connectivity index is 2.96. The molecule has 0 N–H and O–H groups in total. The van der Waals surface area contributed by atoms with E-state index in [1.807, 2.05) is 0 Å². The third kappa shape index (κ3) is 11.9. The van der Waals surface area contributed by atoms with Gasteiger partial charge in [0.1, 0.15) is 0 Å². The Hall–Kier alpha value is -0.170. The van der Waals surface area contributed by atoms with Crippen molar-refractivity contribution in [1.29, 1.82) is 0 Å². The van der Waals surface area contributed by atoms with Gasteiger partial charge in [0.05, 0.1) is 53.2 Å². The molecule has 0 fully saturated rings. The van der Waals surface area contributed by atoms with E-state index in [2.05, 4.69) is 20.7 Å². The lowest BCUT2D eigenvalue weighted by Gasteiger charge is -2.05. The van der Waals surface area contributed by atoms with E-state index < -0.39 is 0 Å². The molecule has 16 heavy (non-hydrogen) atoms. The van der Waals surface area contributed by atoms with Crippen molar-refractivity contribution in [2.24, 2.45) is 0 Å². The zero-order chi connectivity index (χ0) is 12.1. The minimum Gasteiger partial charge on any atom is -0.469 e. The summed E-state index contributed by atoms with van der Waals surface area (Å²) in [5.41, 5.74) is 0. The lowest BCUT2D eigenvalue weighted by atomic mass is 10.5. The van der Waals surface area contributed by atoms with Crippen LogP contribution in [-0.4, -0.2) is 58.1 Å². The van der Waals surface area contributed by atoms with Crippen molar-refractivity contribution in [3.63, 3.8) is 0 Å². The SMILES string of the molecule is COC(=O)CCOCCOCCOCCBr. The second-order valence-electron chi connectivity index (χ2n) is 2.85. The van der Waals surface area contributed by atoms with Crippen molar-refractivity contribution in [3.8, 4) is 0 Å². The Morgan fingerprint density at radius 2 is 1.44 bits per heavy atom. The third-order valence-electron chi connectivity index (χ3n) is 1.64. The van der Waals surface area contributed by atoms with E-state index in [-0.39, 0.29) is 12.4 Å². The highest BCUT2D eigenvalue weighted by Gasteiger charge is 1.98. The van der Waals surface area contributed by atoms with Gasteiger partial charge in [-0.25, -0.2) is 0 Å². The number of methoxy groups -OCH3 is 1. The summed E-state index contributed by atoms with van der Waals surface area (Å²) >= 11 is 3.25. The highest BCUT2D eigenvalue weighted by molar-refractivity contribution is 9.09. The number of alkyl halides is 1. The average Bonchev–Trinajstić information content (AvgIpc) is 2.31. The maximum Gasteiger partial charge on any atom is 0.307 e. The van der Waals surface area contributed by atoms with Gasteiger partial charge in [0, 0.05) is 5.33 Å². The standard InChI is InChI=1S/C10H19BrO5/c1-13-10(12)2-4-14-6-8-16-9-7-15-5-3-11/h2-9H2,1H3. The fraction of sp³-hybridized carbons (Fsp3) is 0.900. The van der Waals surface area contributed by atoms with Gasteiger partial charge < -0.3 is 18.9 Å². The molecule has 0 spiro atoms. The molecule has 5 nitrogen and oxygen atoms in total. The molecule has 0 heterocycles. The van der Waals surface area contributed by atoms with Crippen LogP contribution >= 0.6 is 15.9 Å². The van der Waals surface area contributed by atoms with Crippen LogP contribution in [0.15, 0.2) is 0 Å². The Kier molecular flexibility index (Phi) is 12.8. The summed E-state index contributed by atoms with van der Waals surface area (Å²) in [7, 11) is 1.36. The van der Waals surface area contributed by atoms with Crippen molar-refractivity contribution in [2.45, 2.75) is 6.42 Å². The fourth-order valence-electron chi connectivity index (χ4n) is 0.854. The van der Waals surface area contributed by atoms with Crippen LogP contribution in [0.5, 0.6) is 0 Å². The number of carbonyl (C=O) groups is 1. The van der Waals surface area contributed by atoms with E-state index in [1.165, 1.54) is 7.11 Å². The number of halogens is 1. The molecule has 6 heteroatoms. The predicted molar refractivity (Wildman–Crippen MR) is 62.9 cm³/mol. The Labute approximate surface area is 105 Å². The van der Waals surface area contributed by atoms with Crippen molar-refractivity contribution in [2.75, 3.05) is 52.1 Å². The maximum absolute atomic E-state index is 10.7. The van der Waals surface area contributed by atoms with E-state index in [1.54, 1.807) is 0 Å². The second-order valence-corrected chi connectivity index (χ2v) is 3.65. The van der Waals surface area contributed by atoms with Crippen LogP contribution < -0.4 is 0 Å².